The summed E-state index contributed by atoms with van der Waals surface area (Å²) >= 11 is 0. The molecule has 2 heterocycles. The quantitative estimate of drug-likeness (QED) is 0.791. The summed E-state index contributed by atoms with van der Waals surface area (Å²) in [5, 5.41) is 10.5. The van der Waals surface area contributed by atoms with Crippen molar-refractivity contribution in [3.8, 4) is 0 Å². The second kappa shape index (κ2) is 8.33. The van der Waals surface area contributed by atoms with E-state index in [1.54, 1.807) is 36.7 Å². The summed E-state index contributed by atoms with van der Waals surface area (Å²) in [7, 11) is 0. The van der Waals surface area contributed by atoms with Crippen molar-refractivity contribution in [2.75, 3.05) is 6.54 Å². The Bertz CT molecular complexity index is 892. The van der Waals surface area contributed by atoms with Crippen molar-refractivity contribution in [3.05, 3.63) is 77.1 Å². The molecule has 0 bridgehead atoms. The van der Waals surface area contributed by atoms with Crippen molar-refractivity contribution in [3.63, 3.8) is 0 Å². The van der Waals surface area contributed by atoms with Gasteiger partial charge >= 0.3 is 0 Å². The van der Waals surface area contributed by atoms with E-state index in [-0.39, 0.29) is 29.5 Å². The predicted molar refractivity (Wildman–Crippen MR) is 103 cm³/mol. The molecule has 1 aromatic heterocycles. The van der Waals surface area contributed by atoms with Crippen LogP contribution in [0.15, 0.2) is 60.1 Å². The van der Waals surface area contributed by atoms with E-state index in [0.717, 1.165) is 11.1 Å². The van der Waals surface area contributed by atoms with Crippen molar-refractivity contribution < 1.29 is 19.1 Å². The van der Waals surface area contributed by atoms with E-state index in [9.17, 15) is 19.1 Å². The Morgan fingerprint density at radius 1 is 1.18 bits per heavy atom. The number of aliphatic hydroxyl groups excluding tert-OH is 1. The normalized spacial score (nSPS) is 16.9. The molecule has 1 amide bonds. The molecule has 0 aliphatic carbocycles. The van der Waals surface area contributed by atoms with Crippen LogP contribution < -0.4 is 0 Å². The highest BCUT2D eigenvalue weighted by Gasteiger charge is 2.43. The number of ketones is 1. The van der Waals surface area contributed by atoms with Gasteiger partial charge in [-0.3, -0.25) is 14.6 Å². The molecule has 0 saturated carbocycles. The number of amides is 1. The molecule has 1 aromatic carbocycles. The van der Waals surface area contributed by atoms with Gasteiger partial charge in [0.15, 0.2) is 11.5 Å². The Morgan fingerprint density at radius 2 is 1.82 bits per heavy atom. The summed E-state index contributed by atoms with van der Waals surface area (Å²) in [5.74, 6) is -1.49. The van der Waals surface area contributed by atoms with Crippen LogP contribution in [0, 0.1) is 11.7 Å². The van der Waals surface area contributed by atoms with Crippen LogP contribution in [0.1, 0.15) is 37.4 Å². The summed E-state index contributed by atoms with van der Waals surface area (Å²) in [6.45, 7) is 4.13. The van der Waals surface area contributed by atoms with Gasteiger partial charge in [-0.1, -0.05) is 26.0 Å². The number of carbonyl (C=O) groups excluding carboxylic acids is 2. The van der Waals surface area contributed by atoms with E-state index in [2.05, 4.69) is 4.98 Å². The maximum absolute atomic E-state index is 13.1. The molecule has 1 N–H and O–H groups in total. The second-order valence-corrected chi connectivity index (χ2v) is 7.34. The number of benzene rings is 1. The van der Waals surface area contributed by atoms with E-state index < -0.39 is 17.7 Å². The van der Waals surface area contributed by atoms with Crippen molar-refractivity contribution >= 4 is 11.7 Å². The van der Waals surface area contributed by atoms with Crippen molar-refractivity contribution in [2.45, 2.75) is 32.7 Å². The number of pyridine rings is 1. The molecule has 0 saturated heterocycles. The second-order valence-electron chi connectivity index (χ2n) is 7.34. The number of aromatic nitrogens is 1. The first-order valence-corrected chi connectivity index (χ1v) is 9.30. The van der Waals surface area contributed by atoms with Crippen LogP contribution in [-0.4, -0.2) is 33.2 Å². The largest absolute Gasteiger partial charge is 0.503 e. The number of halogens is 1. The number of aliphatic hydroxyl groups is 1. The molecule has 2 aromatic rings. The number of hydrogen-bond acceptors (Lipinski definition) is 4. The molecule has 1 aliphatic rings. The third-order valence-electron chi connectivity index (χ3n) is 4.77. The van der Waals surface area contributed by atoms with Gasteiger partial charge in [-0.05, 0) is 47.7 Å². The molecule has 5 nitrogen and oxygen atoms in total. The predicted octanol–water partition coefficient (Wildman–Crippen LogP) is 3.77. The number of nitrogens with zero attached hydrogens (tertiary/aromatic N) is 2. The van der Waals surface area contributed by atoms with Crippen LogP contribution in [0.25, 0.3) is 0 Å². The van der Waals surface area contributed by atoms with Gasteiger partial charge in [-0.15, -0.1) is 0 Å². The van der Waals surface area contributed by atoms with Crippen LogP contribution in [0.5, 0.6) is 0 Å². The van der Waals surface area contributed by atoms with E-state index in [1.807, 2.05) is 13.8 Å². The van der Waals surface area contributed by atoms with Gasteiger partial charge in [0, 0.05) is 25.4 Å². The third kappa shape index (κ3) is 4.11. The van der Waals surface area contributed by atoms with Gasteiger partial charge < -0.3 is 10.0 Å². The van der Waals surface area contributed by atoms with Gasteiger partial charge in [0.2, 0.25) is 0 Å². The third-order valence-corrected chi connectivity index (χ3v) is 4.77. The van der Waals surface area contributed by atoms with E-state index in [1.165, 1.54) is 17.0 Å². The van der Waals surface area contributed by atoms with Gasteiger partial charge in [-0.2, -0.15) is 0 Å². The number of carbonyl (C=O) groups is 2. The zero-order valence-electron chi connectivity index (χ0n) is 15.9. The zero-order chi connectivity index (χ0) is 20.3. The lowest BCUT2D eigenvalue weighted by Gasteiger charge is -2.27. The van der Waals surface area contributed by atoms with Crippen molar-refractivity contribution in [2.24, 2.45) is 5.92 Å². The molecule has 1 atom stereocenters. The first kappa shape index (κ1) is 19.7. The molecule has 3 rings (SSSR count). The Balaban J connectivity index is 1.91. The molecule has 0 fully saturated rings. The van der Waals surface area contributed by atoms with Crippen molar-refractivity contribution in [1.82, 2.24) is 9.88 Å². The fourth-order valence-electron chi connectivity index (χ4n) is 3.44. The zero-order valence-corrected chi connectivity index (χ0v) is 15.9. The summed E-state index contributed by atoms with van der Waals surface area (Å²) in [5.41, 5.74) is 1.73. The van der Waals surface area contributed by atoms with Crippen molar-refractivity contribution in [1.29, 1.82) is 0 Å². The van der Waals surface area contributed by atoms with E-state index in [0.29, 0.717) is 13.0 Å². The first-order chi connectivity index (χ1) is 13.4. The maximum atomic E-state index is 13.1. The lowest BCUT2D eigenvalue weighted by atomic mass is 9.92. The standard InChI is InChI=1S/C22H23FN2O3/c1-14(2)13-18(26)19-20(16-7-10-24-11-8-16)25(22(28)21(19)27)12-9-15-3-5-17(23)6-4-15/h3-8,10-11,14,20,27H,9,12-13H2,1-2H3. The van der Waals surface area contributed by atoms with E-state index in [4.69, 9.17) is 0 Å². The minimum Gasteiger partial charge on any atom is -0.503 e. The summed E-state index contributed by atoms with van der Waals surface area (Å²) in [6.07, 6.45) is 3.92. The van der Waals surface area contributed by atoms with E-state index >= 15 is 0 Å². The molecule has 1 aliphatic heterocycles. The monoisotopic (exact) mass is 382 g/mol. The highest BCUT2D eigenvalue weighted by atomic mass is 19.1. The SMILES string of the molecule is CC(C)CC(=O)C1=C(O)C(=O)N(CCc2ccc(F)cc2)C1c1ccncc1. The minimum atomic E-state index is -0.651. The van der Waals surface area contributed by atoms with Crippen LogP contribution >= 0.6 is 0 Å². The summed E-state index contributed by atoms with van der Waals surface area (Å²) in [6, 6.07) is 8.89. The van der Waals surface area contributed by atoms with Gasteiger partial charge in [-0.25, -0.2) is 4.39 Å². The Labute approximate surface area is 163 Å². The first-order valence-electron chi connectivity index (χ1n) is 9.30. The summed E-state index contributed by atoms with van der Waals surface area (Å²) < 4.78 is 13.1. The van der Waals surface area contributed by atoms with Gasteiger partial charge in [0.05, 0.1) is 11.6 Å². The van der Waals surface area contributed by atoms with Crippen LogP contribution in [0.4, 0.5) is 4.39 Å². The fourth-order valence-corrected chi connectivity index (χ4v) is 3.44. The van der Waals surface area contributed by atoms with Crippen LogP contribution in [0.2, 0.25) is 0 Å². The molecule has 0 spiro atoms. The molecule has 146 valence electrons. The molecule has 6 heteroatoms. The highest BCUT2D eigenvalue weighted by Crippen LogP contribution is 2.38. The average molecular weight is 382 g/mol. The molecule has 1 unspecified atom stereocenters. The summed E-state index contributed by atoms with van der Waals surface area (Å²) in [4.78, 5) is 31.1. The number of Topliss-reactive ketones (excluding diaryl/α,β-unsaturated/α-hetero) is 1. The topological polar surface area (TPSA) is 70.5 Å². The molecule has 28 heavy (non-hydrogen) atoms. The molecular formula is C22H23FN2O3. The Hall–Kier alpha value is -3.02. The Kier molecular flexibility index (Phi) is 5.87. The lowest BCUT2D eigenvalue weighted by molar-refractivity contribution is -0.129. The number of rotatable bonds is 7. The van der Waals surface area contributed by atoms with Crippen LogP contribution in [-0.2, 0) is 16.0 Å². The maximum Gasteiger partial charge on any atom is 0.290 e. The average Bonchev–Trinajstić information content (AvgIpc) is 2.92. The molecule has 0 radical (unpaired) electrons. The minimum absolute atomic E-state index is 0.106. The lowest BCUT2D eigenvalue weighted by Crippen LogP contribution is -2.33. The smallest absolute Gasteiger partial charge is 0.290 e. The van der Waals surface area contributed by atoms with Gasteiger partial charge in [0.25, 0.3) is 5.91 Å². The van der Waals surface area contributed by atoms with Crippen LogP contribution in [0.3, 0.4) is 0 Å². The van der Waals surface area contributed by atoms with Gasteiger partial charge in [0.1, 0.15) is 5.82 Å². The fraction of sp³-hybridized carbons (Fsp3) is 0.318. The Morgan fingerprint density at radius 3 is 2.43 bits per heavy atom. The highest BCUT2D eigenvalue weighted by molar-refractivity contribution is 6.09. The number of hydrogen-bond donors (Lipinski definition) is 1. The molecular weight excluding hydrogens is 359 g/mol.